The summed E-state index contributed by atoms with van der Waals surface area (Å²) >= 11 is 0. The molecule has 1 unspecified atom stereocenters. The third-order valence-electron chi connectivity index (χ3n) is 3.32. The van der Waals surface area contributed by atoms with Gasteiger partial charge in [0.25, 0.3) is 0 Å². The van der Waals surface area contributed by atoms with Crippen molar-refractivity contribution in [2.24, 2.45) is 5.92 Å². The van der Waals surface area contributed by atoms with Crippen molar-refractivity contribution < 1.29 is 4.79 Å². The summed E-state index contributed by atoms with van der Waals surface area (Å²) in [4.78, 5) is 18.0. The first kappa shape index (κ1) is 11.5. The highest BCUT2D eigenvalue weighted by Crippen LogP contribution is 2.17. The highest BCUT2D eigenvalue weighted by Gasteiger charge is 2.28. The van der Waals surface area contributed by atoms with Crippen LogP contribution in [0.1, 0.15) is 6.42 Å². The number of rotatable bonds is 2. The number of hydrogen-bond donors (Lipinski definition) is 1. The number of imidazole rings is 1. The van der Waals surface area contributed by atoms with Crippen molar-refractivity contribution in [1.29, 1.82) is 5.26 Å². The number of aromatic nitrogens is 2. The molecule has 2 aromatic heterocycles. The zero-order chi connectivity index (χ0) is 13.2. The quantitative estimate of drug-likeness (QED) is 0.815. The van der Waals surface area contributed by atoms with Crippen LogP contribution in [-0.2, 0) is 4.79 Å². The van der Waals surface area contributed by atoms with Gasteiger partial charge in [-0.15, -0.1) is 0 Å². The summed E-state index contributed by atoms with van der Waals surface area (Å²) in [5, 5.41) is 11.6. The Labute approximate surface area is 110 Å². The lowest BCUT2D eigenvalue weighted by atomic mass is 10.1. The van der Waals surface area contributed by atoms with E-state index in [1.807, 2.05) is 28.8 Å². The molecule has 0 radical (unpaired) electrons. The van der Waals surface area contributed by atoms with Gasteiger partial charge in [-0.1, -0.05) is 6.07 Å². The van der Waals surface area contributed by atoms with Crippen molar-refractivity contribution in [3.63, 3.8) is 0 Å². The van der Waals surface area contributed by atoms with E-state index in [9.17, 15) is 4.79 Å². The van der Waals surface area contributed by atoms with Gasteiger partial charge in [-0.05, 0) is 18.6 Å². The number of anilines is 1. The maximum atomic E-state index is 12.1. The highest BCUT2D eigenvalue weighted by molar-refractivity contribution is 5.92. The van der Waals surface area contributed by atoms with Crippen molar-refractivity contribution in [3.05, 3.63) is 30.6 Å². The molecule has 0 aliphatic carbocycles. The minimum Gasteiger partial charge on any atom is -0.310 e. The Hall–Kier alpha value is -2.55. The number of hydrogen-bond acceptors (Lipinski definition) is 4. The first-order valence-corrected chi connectivity index (χ1v) is 6.15. The molecule has 1 N–H and O–H groups in total. The van der Waals surface area contributed by atoms with E-state index in [-0.39, 0.29) is 11.8 Å². The molecule has 3 rings (SSSR count). The smallest absolute Gasteiger partial charge is 0.230 e. The zero-order valence-corrected chi connectivity index (χ0v) is 10.3. The third kappa shape index (κ3) is 2.22. The molecule has 96 valence electrons. The van der Waals surface area contributed by atoms with E-state index in [0.29, 0.717) is 25.3 Å². The molecule has 3 heterocycles. The number of nitriles is 1. The fraction of sp³-hybridized carbons (Fsp3) is 0.308. The number of pyridine rings is 1. The van der Waals surface area contributed by atoms with Crippen LogP contribution in [0.25, 0.3) is 5.65 Å². The summed E-state index contributed by atoms with van der Waals surface area (Å²) in [6.07, 6.45) is 6.44. The number of amides is 1. The standard InChI is InChI=1S/C13H13N5O/c14-9-17-6-4-10(7-17)13(19)16-11-8-18-5-2-1-3-12(18)15-11/h1-3,5,8,10H,4,6-7H2,(H,16,19). The average Bonchev–Trinajstić information content (AvgIpc) is 3.04. The van der Waals surface area contributed by atoms with Crippen molar-refractivity contribution in [2.75, 3.05) is 18.4 Å². The molecule has 0 saturated carbocycles. The molecule has 0 spiro atoms. The Balaban J connectivity index is 1.71. The first-order chi connectivity index (χ1) is 9.26. The fourth-order valence-corrected chi connectivity index (χ4v) is 2.29. The minimum absolute atomic E-state index is 0.0684. The number of likely N-dealkylation sites (tertiary alicyclic amines) is 1. The van der Waals surface area contributed by atoms with Crippen LogP contribution in [0.5, 0.6) is 0 Å². The van der Waals surface area contributed by atoms with Gasteiger partial charge in [0, 0.05) is 19.3 Å². The van der Waals surface area contributed by atoms with Gasteiger partial charge in [-0.3, -0.25) is 4.79 Å². The van der Waals surface area contributed by atoms with E-state index in [4.69, 9.17) is 5.26 Å². The van der Waals surface area contributed by atoms with E-state index in [2.05, 4.69) is 16.5 Å². The van der Waals surface area contributed by atoms with Crippen molar-refractivity contribution in [3.8, 4) is 6.19 Å². The minimum atomic E-state index is -0.135. The van der Waals surface area contributed by atoms with Crippen LogP contribution in [-0.4, -0.2) is 33.3 Å². The third-order valence-corrected chi connectivity index (χ3v) is 3.32. The molecule has 1 fully saturated rings. The number of nitrogens with zero attached hydrogens (tertiary/aromatic N) is 4. The SMILES string of the molecule is N#CN1CCC(C(=O)Nc2cn3ccccc3n2)C1. The molecule has 6 heteroatoms. The number of carbonyl (C=O) groups excluding carboxylic acids is 1. The summed E-state index contributed by atoms with van der Waals surface area (Å²) in [5.74, 6) is 0.345. The predicted octanol–water partition coefficient (Wildman–Crippen LogP) is 1.08. The van der Waals surface area contributed by atoms with Gasteiger partial charge in [0.1, 0.15) is 5.65 Å². The van der Waals surface area contributed by atoms with Gasteiger partial charge in [0.2, 0.25) is 5.91 Å². The normalized spacial score (nSPS) is 18.5. The largest absolute Gasteiger partial charge is 0.310 e. The van der Waals surface area contributed by atoms with E-state index >= 15 is 0 Å². The molecule has 0 aromatic carbocycles. The number of fused-ring (bicyclic) bond motifs is 1. The summed E-state index contributed by atoms with van der Waals surface area (Å²) in [6.45, 7) is 1.15. The molecule has 1 aliphatic rings. The van der Waals surface area contributed by atoms with E-state index in [1.165, 1.54) is 0 Å². The Morgan fingerprint density at radius 1 is 1.53 bits per heavy atom. The van der Waals surface area contributed by atoms with Gasteiger partial charge in [0.05, 0.1) is 12.1 Å². The summed E-state index contributed by atoms with van der Waals surface area (Å²) in [7, 11) is 0. The molecular weight excluding hydrogens is 242 g/mol. The van der Waals surface area contributed by atoms with Crippen molar-refractivity contribution in [2.45, 2.75) is 6.42 Å². The average molecular weight is 255 g/mol. The van der Waals surface area contributed by atoms with E-state index < -0.39 is 0 Å². The number of nitrogens with one attached hydrogen (secondary N) is 1. The van der Waals surface area contributed by atoms with Gasteiger partial charge >= 0.3 is 0 Å². The van der Waals surface area contributed by atoms with Gasteiger partial charge in [0.15, 0.2) is 12.0 Å². The topological polar surface area (TPSA) is 73.4 Å². The van der Waals surface area contributed by atoms with E-state index in [0.717, 1.165) is 5.65 Å². The lowest BCUT2D eigenvalue weighted by Gasteiger charge is -2.08. The van der Waals surface area contributed by atoms with Crippen LogP contribution in [0.3, 0.4) is 0 Å². The first-order valence-electron chi connectivity index (χ1n) is 6.15. The molecule has 6 nitrogen and oxygen atoms in total. The maximum absolute atomic E-state index is 12.1. The second-order valence-electron chi connectivity index (χ2n) is 4.61. The van der Waals surface area contributed by atoms with E-state index in [1.54, 1.807) is 11.1 Å². The summed E-state index contributed by atoms with van der Waals surface area (Å²) in [6, 6.07) is 5.68. The molecule has 1 atom stereocenters. The number of carbonyl (C=O) groups is 1. The molecule has 19 heavy (non-hydrogen) atoms. The highest BCUT2D eigenvalue weighted by atomic mass is 16.2. The van der Waals surface area contributed by atoms with Crippen molar-refractivity contribution >= 4 is 17.4 Å². The Bertz CT molecular complexity index is 623. The summed E-state index contributed by atoms with van der Waals surface area (Å²) in [5.41, 5.74) is 0.794. The lowest BCUT2D eigenvalue weighted by Crippen LogP contribution is -2.25. The molecular formula is C13H13N5O. The summed E-state index contributed by atoms with van der Waals surface area (Å²) < 4.78 is 1.85. The van der Waals surface area contributed by atoms with Gasteiger partial charge in [-0.25, -0.2) is 4.98 Å². The maximum Gasteiger partial charge on any atom is 0.230 e. The fourth-order valence-electron chi connectivity index (χ4n) is 2.29. The lowest BCUT2D eigenvalue weighted by molar-refractivity contribution is -0.119. The zero-order valence-electron chi connectivity index (χ0n) is 10.3. The Morgan fingerprint density at radius 3 is 3.16 bits per heavy atom. The Kier molecular flexibility index (Phi) is 2.80. The Morgan fingerprint density at radius 2 is 2.42 bits per heavy atom. The second kappa shape index (κ2) is 4.61. The van der Waals surface area contributed by atoms with Crippen LogP contribution in [0, 0.1) is 17.4 Å². The van der Waals surface area contributed by atoms with Crippen molar-refractivity contribution in [1.82, 2.24) is 14.3 Å². The van der Waals surface area contributed by atoms with Gasteiger partial charge in [-0.2, -0.15) is 5.26 Å². The molecule has 1 aliphatic heterocycles. The molecule has 1 saturated heterocycles. The van der Waals surface area contributed by atoms with Crippen LogP contribution in [0.2, 0.25) is 0 Å². The molecule has 1 amide bonds. The van der Waals surface area contributed by atoms with Crippen LogP contribution < -0.4 is 5.32 Å². The van der Waals surface area contributed by atoms with Gasteiger partial charge < -0.3 is 14.6 Å². The molecule has 2 aromatic rings. The van der Waals surface area contributed by atoms with Crippen LogP contribution >= 0.6 is 0 Å². The predicted molar refractivity (Wildman–Crippen MR) is 69.1 cm³/mol. The van der Waals surface area contributed by atoms with Crippen LogP contribution in [0.15, 0.2) is 30.6 Å². The second-order valence-corrected chi connectivity index (χ2v) is 4.61. The molecule has 0 bridgehead atoms. The van der Waals surface area contributed by atoms with Crippen LogP contribution in [0.4, 0.5) is 5.82 Å². The monoisotopic (exact) mass is 255 g/mol.